The van der Waals surface area contributed by atoms with Crippen LogP contribution in [0.25, 0.3) is 0 Å². The van der Waals surface area contributed by atoms with E-state index in [-0.39, 0.29) is 18.0 Å². The number of carbonyl (C=O) groups is 1. The monoisotopic (exact) mass is 363 g/mol. The zero-order chi connectivity index (χ0) is 18.6. The van der Waals surface area contributed by atoms with Crippen molar-refractivity contribution >= 4 is 16.3 Å². The van der Waals surface area contributed by atoms with Crippen molar-refractivity contribution in [1.82, 2.24) is 14.3 Å². The van der Waals surface area contributed by atoms with Gasteiger partial charge in [0.15, 0.2) is 0 Å². The zero-order valence-electron chi connectivity index (χ0n) is 15.8. The van der Waals surface area contributed by atoms with E-state index in [0.717, 1.165) is 19.3 Å². The molecule has 1 atom stereocenters. The third-order valence-corrected chi connectivity index (χ3v) is 5.44. The number of nitrogens with zero attached hydrogens (tertiary/aromatic N) is 1. The Morgan fingerprint density at radius 2 is 1.62 bits per heavy atom. The summed E-state index contributed by atoms with van der Waals surface area (Å²) in [5, 5.41) is 2.78. The van der Waals surface area contributed by atoms with Gasteiger partial charge in [0.1, 0.15) is 5.60 Å². The van der Waals surface area contributed by atoms with Crippen LogP contribution in [-0.4, -0.2) is 50.1 Å². The lowest BCUT2D eigenvalue weighted by Crippen LogP contribution is -2.54. The van der Waals surface area contributed by atoms with Gasteiger partial charge in [-0.2, -0.15) is 12.7 Å². The summed E-state index contributed by atoms with van der Waals surface area (Å²) >= 11 is 0. The normalized spacial score (nSPS) is 18.9. The lowest BCUT2D eigenvalue weighted by Gasteiger charge is -2.33. The van der Waals surface area contributed by atoms with Gasteiger partial charge >= 0.3 is 6.09 Å². The van der Waals surface area contributed by atoms with Crippen molar-refractivity contribution in [3.8, 4) is 0 Å². The number of alkyl carbamates (subject to hydrolysis) is 1. The minimum atomic E-state index is -3.52. The number of piperidine rings is 1. The van der Waals surface area contributed by atoms with Crippen molar-refractivity contribution in [3.63, 3.8) is 0 Å². The number of rotatable bonds is 5. The van der Waals surface area contributed by atoms with E-state index in [1.54, 1.807) is 20.8 Å². The fraction of sp³-hybridized carbons (Fsp3) is 0.938. The largest absolute Gasteiger partial charge is 0.444 e. The maximum absolute atomic E-state index is 12.4. The van der Waals surface area contributed by atoms with Gasteiger partial charge in [-0.05, 0) is 39.0 Å². The Morgan fingerprint density at radius 1 is 1.08 bits per heavy atom. The molecule has 1 amide bonds. The molecule has 1 aliphatic rings. The SMILES string of the molecule is CC(C)(C)OC(=O)N[C@H](CNS(=O)(=O)N1CCCCC1)C(C)(C)C. The Hall–Kier alpha value is -0.860. The highest BCUT2D eigenvalue weighted by molar-refractivity contribution is 7.87. The molecule has 0 aromatic carbocycles. The van der Waals surface area contributed by atoms with Crippen LogP contribution in [-0.2, 0) is 14.9 Å². The number of hydrogen-bond acceptors (Lipinski definition) is 4. The maximum atomic E-state index is 12.4. The molecule has 2 N–H and O–H groups in total. The van der Waals surface area contributed by atoms with Crippen LogP contribution in [0.2, 0.25) is 0 Å². The smallest absolute Gasteiger partial charge is 0.407 e. The Bertz CT molecular complexity index is 514. The van der Waals surface area contributed by atoms with E-state index < -0.39 is 21.9 Å². The standard InChI is InChI=1S/C16H33N3O4S/c1-15(2,3)13(18-14(20)23-16(4,5)6)12-17-24(21,22)19-10-8-7-9-11-19/h13,17H,7-12H2,1-6H3,(H,18,20)/t13-/m1/s1. The molecule has 7 nitrogen and oxygen atoms in total. The molecule has 0 aliphatic carbocycles. The average molecular weight is 364 g/mol. The molecule has 0 saturated carbocycles. The van der Waals surface area contributed by atoms with E-state index in [2.05, 4.69) is 10.0 Å². The minimum absolute atomic E-state index is 0.127. The number of hydrogen-bond donors (Lipinski definition) is 2. The molecule has 8 heteroatoms. The summed E-state index contributed by atoms with van der Waals surface area (Å²) in [6.45, 7) is 12.4. The Labute approximate surface area is 146 Å². The van der Waals surface area contributed by atoms with Gasteiger partial charge in [0.25, 0.3) is 10.2 Å². The quantitative estimate of drug-likeness (QED) is 0.784. The van der Waals surface area contributed by atoms with Gasteiger partial charge in [0.05, 0.1) is 6.04 Å². The molecule has 1 saturated heterocycles. The Kier molecular flexibility index (Phi) is 7.07. The number of carbonyl (C=O) groups excluding carboxylic acids is 1. The van der Waals surface area contributed by atoms with Crippen LogP contribution in [0.1, 0.15) is 60.8 Å². The van der Waals surface area contributed by atoms with Gasteiger partial charge in [-0.25, -0.2) is 9.52 Å². The van der Waals surface area contributed by atoms with E-state index in [0.29, 0.717) is 13.1 Å². The van der Waals surface area contributed by atoms with Crippen molar-refractivity contribution in [2.75, 3.05) is 19.6 Å². The topological polar surface area (TPSA) is 87.7 Å². The van der Waals surface area contributed by atoms with Crippen LogP contribution < -0.4 is 10.0 Å². The molecule has 0 radical (unpaired) electrons. The van der Waals surface area contributed by atoms with Crippen molar-refractivity contribution in [2.24, 2.45) is 5.41 Å². The fourth-order valence-electron chi connectivity index (χ4n) is 2.41. The van der Waals surface area contributed by atoms with Gasteiger partial charge in [-0.3, -0.25) is 0 Å². The van der Waals surface area contributed by atoms with Crippen molar-refractivity contribution < 1.29 is 17.9 Å². The first-order valence-electron chi connectivity index (χ1n) is 8.55. The lowest BCUT2D eigenvalue weighted by atomic mass is 9.87. The second-order valence-electron chi connectivity index (χ2n) is 8.38. The predicted molar refractivity (Wildman–Crippen MR) is 95.0 cm³/mol. The van der Waals surface area contributed by atoms with Crippen LogP contribution in [0.3, 0.4) is 0 Å². The molecule has 24 heavy (non-hydrogen) atoms. The van der Waals surface area contributed by atoms with Crippen LogP contribution in [0, 0.1) is 5.41 Å². The molecule has 1 heterocycles. The van der Waals surface area contributed by atoms with Gasteiger partial charge in [0, 0.05) is 19.6 Å². The molecule has 0 unspecified atom stereocenters. The molecule has 0 bridgehead atoms. The zero-order valence-corrected chi connectivity index (χ0v) is 16.6. The van der Waals surface area contributed by atoms with Crippen LogP contribution in [0.4, 0.5) is 4.79 Å². The summed E-state index contributed by atoms with van der Waals surface area (Å²) < 4.78 is 34.2. The molecule has 0 aromatic rings. The molecule has 0 spiro atoms. The van der Waals surface area contributed by atoms with E-state index in [1.165, 1.54) is 4.31 Å². The molecular weight excluding hydrogens is 330 g/mol. The van der Waals surface area contributed by atoms with Crippen LogP contribution >= 0.6 is 0 Å². The van der Waals surface area contributed by atoms with Crippen LogP contribution in [0.15, 0.2) is 0 Å². The number of nitrogens with one attached hydrogen (secondary N) is 2. The second-order valence-corrected chi connectivity index (χ2v) is 10.1. The first kappa shape index (κ1) is 21.2. The summed E-state index contributed by atoms with van der Waals surface area (Å²) in [5.74, 6) is 0. The molecule has 1 aliphatic heterocycles. The van der Waals surface area contributed by atoms with Crippen molar-refractivity contribution in [2.45, 2.75) is 72.4 Å². The first-order chi connectivity index (χ1) is 10.8. The van der Waals surface area contributed by atoms with Gasteiger partial charge in [-0.1, -0.05) is 27.2 Å². The number of amides is 1. The van der Waals surface area contributed by atoms with E-state index in [4.69, 9.17) is 4.74 Å². The highest BCUT2D eigenvalue weighted by Crippen LogP contribution is 2.20. The molecule has 142 valence electrons. The van der Waals surface area contributed by atoms with Gasteiger partial charge in [-0.15, -0.1) is 0 Å². The highest BCUT2D eigenvalue weighted by Gasteiger charge is 2.31. The third kappa shape index (κ3) is 7.36. The maximum Gasteiger partial charge on any atom is 0.407 e. The molecule has 1 fully saturated rings. The molecule has 0 aromatic heterocycles. The van der Waals surface area contributed by atoms with Crippen LogP contribution in [0.5, 0.6) is 0 Å². The van der Waals surface area contributed by atoms with E-state index in [9.17, 15) is 13.2 Å². The first-order valence-corrected chi connectivity index (χ1v) is 9.99. The lowest BCUT2D eigenvalue weighted by molar-refractivity contribution is 0.0465. The van der Waals surface area contributed by atoms with E-state index in [1.807, 2.05) is 20.8 Å². The fourth-order valence-corrected chi connectivity index (χ4v) is 3.71. The molecule has 1 rings (SSSR count). The van der Waals surface area contributed by atoms with E-state index >= 15 is 0 Å². The highest BCUT2D eigenvalue weighted by atomic mass is 32.2. The van der Waals surface area contributed by atoms with Gasteiger partial charge in [0.2, 0.25) is 0 Å². The number of ether oxygens (including phenoxy) is 1. The summed E-state index contributed by atoms with van der Waals surface area (Å²) in [4.78, 5) is 12.0. The molecular formula is C16H33N3O4S. The summed E-state index contributed by atoms with van der Waals surface area (Å²) in [7, 11) is -3.52. The second kappa shape index (κ2) is 8.01. The minimum Gasteiger partial charge on any atom is -0.444 e. The third-order valence-electron chi connectivity index (χ3n) is 3.86. The predicted octanol–water partition coefficient (Wildman–Crippen LogP) is 2.25. The Balaban J connectivity index is 2.68. The van der Waals surface area contributed by atoms with Gasteiger partial charge < -0.3 is 10.1 Å². The van der Waals surface area contributed by atoms with Crippen molar-refractivity contribution in [3.05, 3.63) is 0 Å². The van der Waals surface area contributed by atoms with Crippen molar-refractivity contribution in [1.29, 1.82) is 0 Å². The Morgan fingerprint density at radius 3 is 2.08 bits per heavy atom. The summed E-state index contributed by atoms with van der Waals surface area (Å²) in [6.07, 6.45) is 2.30. The summed E-state index contributed by atoms with van der Waals surface area (Å²) in [6, 6.07) is -0.382. The average Bonchev–Trinajstić information content (AvgIpc) is 2.41. The summed E-state index contributed by atoms with van der Waals surface area (Å²) in [5.41, 5.74) is -0.916.